The van der Waals surface area contributed by atoms with E-state index in [1.807, 2.05) is 15.8 Å². The molecule has 3 atom stereocenters. The minimum Gasteiger partial charge on any atom is -0.465 e. The van der Waals surface area contributed by atoms with Crippen LogP contribution in [0.2, 0.25) is 0 Å². The van der Waals surface area contributed by atoms with Crippen molar-refractivity contribution >= 4 is 28.5 Å². The highest BCUT2D eigenvalue weighted by Gasteiger charge is 2.35. The highest BCUT2D eigenvalue weighted by Crippen LogP contribution is 2.38. The summed E-state index contributed by atoms with van der Waals surface area (Å²) < 4.78 is 40.7. The molecule has 0 aliphatic carbocycles. The van der Waals surface area contributed by atoms with Crippen LogP contribution < -0.4 is 14.5 Å². The molecule has 0 saturated carbocycles. The van der Waals surface area contributed by atoms with Crippen LogP contribution in [0.4, 0.5) is 25.1 Å². The monoisotopic (exact) mass is 679 g/mol. The maximum atomic E-state index is 13.2. The van der Waals surface area contributed by atoms with Crippen LogP contribution >= 0.6 is 0 Å². The van der Waals surface area contributed by atoms with Gasteiger partial charge in [-0.3, -0.25) is 4.90 Å². The smallest absolute Gasteiger partial charge is 0.407 e. The molecule has 0 bridgehead atoms. The summed E-state index contributed by atoms with van der Waals surface area (Å²) in [4.78, 5) is 29.2. The molecule has 6 heterocycles. The molecule has 3 fully saturated rings. The number of nitrogens with zero attached hydrogens (tertiary/aromatic N) is 9. The first-order valence-electron chi connectivity index (χ1n) is 17.3. The van der Waals surface area contributed by atoms with Crippen molar-refractivity contribution in [1.29, 1.82) is 5.26 Å². The number of rotatable bonds is 9. The van der Waals surface area contributed by atoms with Crippen LogP contribution in [-0.4, -0.2) is 112 Å². The quantitative estimate of drug-likeness (QED) is 0.340. The number of amides is 1. The molecule has 4 aliphatic rings. The Hall–Kier alpha value is -4.29. The lowest BCUT2D eigenvalue weighted by atomic mass is 10.0. The van der Waals surface area contributed by atoms with Gasteiger partial charge in [0, 0.05) is 49.8 Å². The molecule has 3 aromatic rings. The molecule has 49 heavy (non-hydrogen) atoms. The standard InChI is InChI=1S/C34H43F2N9O4/c1-22-7-8-28-26(17-38-45(28)30-6-2-3-16-48-30)31(22)42-13-10-25-27(19-42)39-33(49-21-24-5-4-12-41(24)20-29(35)36)40-32(25)43-14-15-44(34(46)47)23(18-43)9-11-37/h7-8,17,23-24,29-30H,2-6,9-10,12-16,18-21H2,1H3,(H,46,47)/t23-,24?,30?/m0/s1. The third kappa shape index (κ3) is 6.81. The molecule has 2 aromatic heterocycles. The SMILES string of the molecule is Cc1ccc2c(cnn2C2CCCCO2)c1N1CCc2c(nc(OCC3CCCN3CC(F)F)nc2N2CCN(C(=O)O)[C@@H](CC#N)C2)C1. The number of piperazine rings is 1. The molecule has 4 aliphatic heterocycles. The number of aromatic nitrogens is 4. The third-order valence-electron chi connectivity index (χ3n) is 10.4. The first kappa shape index (κ1) is 33.2. The topological polar surface area (TPSA) is 136 Å². The largest absolute Gasteiger partial charge is 0.465 e. The van der Waals surface area contributed by atoms with Crippen LogP contribution in [0.25, 0.3) is 10.9 Å². The zero-order valence-corrected chi connectivity index (χ0v) is 27.8. The fourth-order valence-electron chi connectivity index (χ4n) is 7.94. The average molecular weight is 680 g/mol. The number of hydrogen-bond donors (Lipinski definition) is 1. The van der Waals surface area contributed by atoms with Gasteiger partial charge in [-0.05, 0) is 63.6 Å². The normalized spacial score (nSPS) is 23.2. The number of benzene rings is 1. The Morgan fingerprint density at radius 3 is 2.78 bits per heavy atom. The van der Waals surface area contributed by atoms with Gasteiger partial charge >= 0.3 is 12.1 Å². The average Bonchev–Trinajstić information content (AvgIpc) is 3.73. The summed E-state index contributed by atoms with van der Waals surface area (Å²) >= 11 is 0. The van der Waals surface area contributed by atoms with Crippen LogP contribution in [0, 0.1) is 18.3 Å². The zero-order valence-electron chi connectivity index (χ0n) is 27.8. The summed E-state index contributed by atoms with van der Waals surface area (Å²) in [7, 11) is 0. The number of aryl methyl sites for hydroxylation is 1. The Bertz CT molecular complexity index is 1710. The Balaban J connectivity index is 1.20. The number of carboxylic acid groups (broad SMARTS) is 1. The van der Waals surface area contributed by atoms with Crippen molar-refractivity contribution in [2.45, 2.75) is 83.2 Å². The molecule has 1 aromatic carbocycles. The lowest BCUT2D eigenvalue weighted by Crippen LogP contribution is -2.55. The fraction of sp³-hybridized carbons (Fsp3) is 0.618. The summed E-state index contributed by atoms with van der Waals surface area (Å²) in [5.41, 5.74) is 5.01. The molecule has 15 heteroatoms. The number of fused-ring (bicyclic) bond motifs is 2. The highest BCUT2D eigenvalue weighted by atomic mass is 19.3. The van der Waals surface area contributed by atoms with Crippen molar-refractivity contribution in [2.75, 3.05) is 62.3 Å². The van der Waals surface area contributed by atoms with Gasteiger partial charge in [0.2, 0.25) is 0 Å². The Morgan fingerprint density at radius 1 is 1.12 bits per heavy atom. The lowest BCUT2D eigenvalue weighted by molar-refractivity contribution is -0.0366. The van der Waals surface area contributed by atoms with Gasteiger partial charge < -0.3 is 29.3 Å². The second kappa shape index (κ2) is 14.3. The summed E-state index contributed by atoms with van der Waals surface area (Å²) in [5, 5.41) is 25.1. The van der Waals surface area contributed by atoms with Gasteiger partial charge in [-0.25, -0.2) is 18.3 Å². The summed E-state index contributed by atoms with van der Waals surface area (Å²) in [6.45, 7) is 5.50. The second-order valence-corrected chi connectivity index (χ2v) is 13.4. The molecule has 0 radical (unpaired) electrons. The van der Waals surface area contributed by atoms with Crippen LogP contribution in [0.1, 0.15) is 61.6 Å². The summed E-state index contributed by atoms with van der Waals surface area (Å²) in [6, 6.07) is 5.89. The maximum absolute atomic E-state index is 13.2. The molecule has 1 amide bonds. The Morgan fingerprint density at radius 2 is 2.00 bits per heavy atom. The molecule has 0 spiro atoms. The number of nitriles is 1. The molecule has 1 N–H and O–H groups in total. The van der Waals surface area contributed by atoms with Crippen molar-refractivity contribution in [3.05, 3.63) is 35.2 Å². The molecular weight excluding hydrogens is 636 g/mol. The van der Waals surface area contributed by atoms with E-state index in [-0.39, 0.29) is 44.4 Å². The van der Waals surface area contributed by atoms with Crippen molar-refractivity contribution in [3.63, 3.8) is 0 Å². The summed E-state index contributed by atoms with van der Waals surface area (Å²) in [5.74, 6) is 0.681. The fourth-order valence-corrected chi connectivity index (χ4v) is 7.94. The van der Waals surface area contributed by atoms with E-state index in [9.17, 15) is 23.9 Å². The first-order valence-corrected chi connectivity index (χ1v) is 17.3. The molecule has 262 valence electrons. The highest BCUT2D eigenvalue weighted by molar-refractivity contribution is 5.94. The van der Waals surface area contributed by atoms with Gasteiger partial charge in [0.25, 0.3) is 6.43 Å². The van der Waals surface area contributed by atoms with Crippen LogP contribution in [0.15, 0.2) is 18.3 Å². The number of alkyl halides is 2. The minimum atomic E-state index is -2.42. The number of hydrogen-bond acceptors (Lipinski definition) is 10. The van der Waals surface area contributed by atoms with Gasteiger partial charge in [0.15, 0.2) is 6.23 Å². The molecule has 2 unspecified atom stereocenters. The number of ether oxygens (including phenoxy) is 2. The maximum Gasteiger partial charge on any atom is 0.407 e. The van der Waals surface area contributed by atoms with Crippen molar-refractivity contribution in [1.82, 2.24) is 29.5 Å². The first-order chi connectivity index (χ1) is 23.8. The number of halogens is 2. The lowest BCUT2D eigenvalue weighted by Gasteiger charge is -2.41. The second-order valence-electron chi connectivity index (χ2n) is 13.4. The number of likely N-dealkylation sites (tertiary alicyclic amines) is 1. The molecular formula is C34H43F2N9O4. The van der Waals surface area contributed by atoms with E-state index < -0.39 is 18.6 Å². The predicted octanol–water partition coefficient (Wildman–Crippen LogP) is 4.59. The van der Waals surface area contributed by atoms with E-state index in [1.54, 1.807) is 4.90 Å². The van der Waals surface area contributed by atoms with Gasteiger partial charge in [0.05, 0.1) is 54.7 Å². The number of anilines is 2. The molecule has 7 rings (SSSR count). The van der Waals surface area contributed by atoms with E-state index in [4.69, 9.17) is 24.5 Å². The van der Waals surface area contributed by atoms with E-state index in [0.29, 0.717) is 45.0 Å². The van der Waals surface area contributed by atoms with Gasteiger partial charge in [-0.15, -0.1) is 0 Å². The van der Waals surface area contributed by atoms with Crippen molar-refractivity contribution < 1.29 is 28.2 Å². The molecule has 13 nitrogen and oxygen atoms in total. The van der Waals surface area contributed by atoms with E-state index in [0.717, 1.165) is 72.1 Å². The van der Waals surface area contributed by atoms with Crippen LogP contribution in [0.5, 0.6) is 6.01 Å². The van der Waals surface area contributed by atoms with E-state index in [1.165, 1.54) is 4.90 Å². The minimum absolute atomic E-state index is 0.0672. The summed E-state index contributed by atoms with van der Waals surface area (Å²) in [6.07, 6.45) is 3.77. The zero-order chi connectivity index (χ0) is 34.1. The number of carbonyl (C=O) groups is 1. The van der Waals surface area contributed by atoms with Crippen LogP contribution in [-0.2, 0) is 17.7 Å². The van der Waals surface area contributed by atoms with Gasteiger partial charge in [-0.2, -0.15) is 20.3 Å². The van der Waals surface area contributed by atoms with E-state index in [2.05, 4.69) is 30.0 Å². The Labute approximate surface area is 284 Å². The molecule has 3 saturated heterocycles. The van der Waals surface area contributed by atoms with Gasteiger partial charge in [0.1, 0.15) is 12.4 Å². The predicted molar refractivity (Wildman–Crippen MR) is 177 cm³/mol. The van der Waals surface area contributed by atoms with Crippen LogP contribution in [0.3, 0.4) is 0 Å². The Kier molecular flexibility index (Phi) is 9.68. The van der Waals surface area contributed by atoms with Crippen molar-refractivity contribution in [3.8, 4) is 12.1 Å². The van der Waals surface area contributed by atoms with E-state index >= 15 is 0 Å². The third-order valence-corrected chi connectivity index (χ3v) is 10.4. The van der Waals surface area contributed by atoms with Gasteiger partial charge in [-0.1, -0.05) is 6.07 Å². The van der Waals surface area contributed by atoms with Crippen molar-refractivity contribution in [2.24, 2.45) is 0 Å².